The van der Waals surface area contributed by atoms with Crippen LogP contribution in [0.2, 0.25) is 5.02 Å². The van der Waals surface area contributed by atoms with Gasteiger partial charge in [0.15, 0.2) is 6.61 Å². The summed E-state index contributed by atoms with van der Waals surface area (Å²) in [6.07, 6.45) is 0. The Kier molecular flexibility index (Phi) is 7.06. The summed E-state index contributed by atoms with van der Waals surface area (Å²) in [6, 6.07) is 10.9. The zero-order chi connectivity index (χ0) is 19.3. The Hall–Kier alpha value is -2.05. The number of benzene rings is 2. The molecule has 5 nitrogen and oxygen atoms in total. The van der Waals surface area contributed by atoms with E-state index >= 15 is 0 Å². The zero-order valence-corrected chi connectivity index (χ0v) is 17.1. The van der Waals surface area contributed by atoms with Crippen LogP contribution in [0.15, 0.2) is 40.9 Å². The quantitative estimate of drug-likeness (QED) is 0.734. The van der Waals surface area contributed by atoms with Crippen molar-refractivity contribution in [2.24, 2.45) is 0 Å². The Balaban J connectivity index is 1.89. The summed E-state index contributed by atoms with van der Waals surface area (Å²) in [6.45, 7) is 3.58. The predicted molar refractivity (Wildman–Crippen MR) is 107 cm³/mol. The molecule has 2 aromatic rings. The molecule has 0 unspecified atom stereocenters. The number of hydrogen-bond donors (Lipinski definition) is 1. The van der Waals surface area contributed by atoms with Crippen molar-refractivity contribution in [1.82, 2.24) is 4.90 Å². The molecule has 0 fully saturated rings. The second-order valence-electron chi connectivity index (χ2n) is 5.93. The van der Waals surface area contributed by atoms with Crippen molar-refractivity contribution < 1.29 is 14.3 Å². The highest BCUT2D eigenvalue weighted by Crippen LogP contribution is 2.27. The highest BCUT2D eigenvalue weighted by Gasteiger charge is 2.15. The van der Waals surface area contributed by atoms with Gasteiger partial charge in [-0.1, -0.05) is 45.7 Å². The minimum atomic E-state index is -0.319. The Morgan fingerprint density at radius 2 is 1.85 bits per heavy atom. The molecule has 0 radical (unpaired) electrons. The highest BCUT2D eigenvalue weighted by atomic mass is 79.9. The van der Waals surface area contributed by atoms with Gasteiger partial charge in [-0.25, -0.2) is 0 Å². The van der Waals surface area contributed by atoms with Gasteiger partial charge in [-0.3, -0.25) is 9.59 Å². The zero-order valence-electron chi connectivity index (χ0n) is 14.8. The minimum Gasteiger partial charge on any atom is -0.482 e. The van der Waals surface area contributed by atoms with E-state index in [1.165, 1.54) is 4.90 Å². The van der Waals surface area contributed by atoms with Crippen molar-refractivity contribution in [1.29, 1.82) is 0 Å². The standard InChI is InChI=1S/C19H20BrClN2O3/c1-12-5-4-6-13(2)19(12)22-17(24)10-23(3)18(25)11-26-16-8-7-14(20)9-15(16)21/h4-9H,10-11H2,1-3H3,(H,22,24). The lowest BCUT2D eigenvalue weighted by Gasteiger charge is -2.18. The summed E-state index contributed by atoms with van der Waals surface area (Å²) in [5.41, 5.74) is 2.72. The van der Waals surface area contributed by atoms with Gasteiger partial charge in [0.1, 0.15) is 5.75 Å². The van der Waals surface area contributed by atoms with Gasteiger partial charge in [0.05, 0.1) is 11.6 Å². The highest BCUT2D eigenvalue weighted by molar-refractivity contribution is 9.10. The molecule has 0 spiro atoms. The lowest BCUT2D eigenvalue weighted by Crippen LogP contribution is -2.37. The van der Waals surface area contributed by atoms with Gasteiger partial charge in [-0.05, 0) is 43.2 Å². The van der Waals surface area contributed by atoms with E-state index in [9.17, 15) is 9.59 Å². The van der Waals surface area contributed by atoms with E-state index < -0.39 is 0 Å². The summed E-state index contributed by atoms with van der Waals surface area (Å²) in [5, 5.41) is 3.26. The Bertz CT molecular complexity index is 806. The number of hydrogen-bond acceptors (Lipinski definition) is 3. The van der Waals surface area contributed by atoms with Crippen LogP contribution in [0.3, 0.4) is 0 Å². The van der Waals surface area contributed by atoms with Crippen LogP contribution < -0.4 is 10.1 Å². The molecule has 0 aliphatic rings. The smallest absolute Gasteiger partial charge is 0.260 e. The van der Waals surface area contributed by atoms with Crippen LogP contribution >= 0.6 is 27.5 Å². The second kappa shape index (κ2) is 9.05. The van der Waals surface area contributed by atoms with E-state index in [1.54, 1.807) is 25.2 Å². The first kappa shape index (κ1) is 20.3. The van der Waals surface area contributed by atoms with Gasteiger partial charge in [0.25, 0.3) is 5.91 Å². The van der Waals surface area contributed by atoms with Gasteiger partial charge in [-0.2, -0.15) is 0 Å². The SMILES string of the molecule is Cc1cccc(C)c1NC(=O)CN(C)C(=O)COc1ccc(Br)cc1Cl. The van der Waals surface area contributed by atoms with Gasteiger partial charge in [0.2, 0.25) is 5.91 Å². The summed E-state index contributed by atoms with van der Waals surface area (Å²) < 4.78 is 6.26. The summed E-state index contributed by atoms with van der Waals surface area (Å²) >= 11 is 9.36. The van der Waals surface area contributed by atoms with E-state index in [0.29, 0.717) is 10.8 Å². The van der Waals surface area contributed by atoms with Crippen LogP contribution in [0.5, 0.6) is 5.75 Å². The molecular formula is C19H20BrClN2O3. The third-order valence-corrected chi connectivity index (χ3v) is 4.59. The fraction of sp³-hybridized carbons (Fsp3) is 0.263. The van der Waals surface area contributed by atoms with Gasteiger partial charge >= 0.3 is 0 Å². The molecule has 2 aromatic carbocycles. The summed E-state index contributed by atoms with van der Waals surface area (Å²) in [4.78, 5) is 25.7. The van der Waals surface area contributed by atoms with Crippen molar-refractivity contribution in [3.8, 4) is 5.75 Å². The fourth-order valence-corrected chi connectivity index (χ4v) is 3.06. The molecule has 138 valence electrons. The van der Waals surface area contributed by atoms with Crippen molar-refractivity contribution in [3.63, 3.8) is 0 Å². The number of ether oxygens (including phenoxy) is 1. The van der Waals surface area contributed by atoms with Crippen LogP contribution in [0.25, 0.3) is 0 Å². The molecular weight excluding hydrogens is 420 g/mol. The summed E-state index contributed by atoms with van der Waals surface area (Å²) in [5.74, 6) is -0.169. The lowest BCUT2D eigenvalue weighted by atomic mass is 10.1. The summed E-state index contributed by atoms with van der Waals surface area (Å²) in [7, 11) is 1.55. The van der Waals surface area contributed by atoms with Crippen LogP contribution in [-0.2, 0) is 9.59 Å². The van der Waals surface area contributed by atoms with E-state index in [1.807, 2.05) is 32.0 Å². The number of anilines is 1. The molecule has 2 amide bonds. The molecule has 0 aliphatic carbocycles. The molecule has 26 heavy (non-hydrogen) atoms. The first-order chi connectivity index (χ1) is 12.3. The second-order valence-corrected chi connectivity index (χ2v) is 7.25. The van der Waals surface area contributed by atoms with E-state index in [4.69, 9.17) is 16.3 Å². The number of carbonyl (C=O) groups excluding carboxylic acids is 2. The van der Waals surface area contributed by atoms with Crippen LogP contribution in [0.1, 0.15) is 11.1 Å². The van der Waals surface area contributed by atoms with Crippen molar-refractivity contribution in [2.75, 3.05) is 25.5 Å². The van der Waals surface area contributed by atoms with Crippen LogP contribution in [0.4, 0.5) is 5.69 Å². The molecule has 1 N–H and O–H groups in total. The Morgan fingerprint density at radius 3 is 2.46 bits per heavy atom. The lowest BCUT2D eigenvalue weighted by molar-refractivity contribution is -0.135. The first-order valence-electron chi connectivity index (χ1n) is 7.96. The number of likely N-dealkylation sites (N-methyl/N-ethyl adjacent to an activating group) is 1. The number of halogens is 2. The number of rotatable bonds is 6. The third-order valence-electron chi connectivity index (χ3n) is 3.80. The maximum Gasteiger partial charge on any atom is 0.260 e. The molecule has 0 aromatic heterocycles. The molecule has 7 heteroatoms. The number of aryl methyl sites for hydroxylation is 2. The van der Waals surface area contributed by atoms with Crippen LogP contribution in [0, 0.1) is 13.8 Å². The normalized spacial score (nSPS) is 10.3. The largest absolute Gasteiger partial charge is 0.482 e. The van der Waals surface area contributed by atoms with Crippen molar-refractivity contribution >= 4 is 45.0 Å². The topological polar surface area (TPSA) is 58.6 Å². The van der Waals surface area contributed by atoms with E-state index in [2.05, 4.69) is 21.2 Å². The van der Waals surface area contributed by atoms with Gasteiger partial charge in [0, 0.05) is 17.2 Å². The molecule has 0 aliphatic heterocycles. The molecule has 0 saturated heterocycles. The van der Waals surface area contributed by atoms with E-state index in [-0.39, 0.29) is 25.0 Å². The molecule has 0 heterocycles. The van der Waals surface area contributed by atoms with Gasteiger partial charge in [-0.15, -0.1) is 0 Å². The number of nitrogens with zero attached hydrogens (tertiary/aromatic N) is 1. The fourth-order valence-electron chi connectivity index (χ4n) is 2.34. The van der Waals surface area contributed by atoms with E-state index in [0.717, 1.165) is 21.3 Å². The maximum atomic E-state index is 12.2. The molecule has 0 bridgehead atoms. The first-order valence-corrected chi connectivity index (χ1v) is 9.13. The minimum absolute atomic E-state index is 0.0654. The third kappa shape index (κ3) is 5.47. The van der Waals surface area contributed by atoms with Gasteiger partial charge < -0.3 is 15.0 Å². The monoisotopic (exact) mass is 438 g/mol. The number of para-hydroxylation sites is 1. The Morgan fingerprint density at radius 1 is 1.19 bits per heavy atom. The Labute approximate surface area is 166 Å². The molecule has 2 rings (SSSR count). The maximum absolute atomic E-state index is 12.2. The number of amides is 2. The average molecular weight is 440 g/mol. The van der Waals surface area contributed by atoms with Crippen molar-refractivity contribution in [2.45, 2.75) is 13.8 Å². The van der Waals surface area contributed by atoms with Crippen LogP contribution in [-0.4, -0.2) is 36.9 Å². The molecule has 0 atom stereocenters. The predicted octanol–water partition coefficient (Wildman–Crippen LogP) is 4.20. The van der Waals surface area contributed by atoms with Crippen molar-refractivity contribution in [3.05, 3.63) is 57.0 Å². The molecule has 0 saturated carbocycles. The average Bonchev–Trinajstić information content (AvgIpc) is 2.57. The number of nitrogens with one attached hydrogen (secondary N) is 1. The number of carbonyl (C=O) groups is 2.